The summed E-state index contributed by atoms with van der Waals surface area (Å²) >= 11 is 0. The van der Waals surface area contributed by atoms with Gasteiger partial charge >= 0.3 is 12.2 Å². The van der Waals surface area contributed by atoms with E-state index in [0.29, 0.717) is 13.1 Å². The Bertz CT molecular complexity index is 509. The van der Waals surface area contributed by atoms with Crippen molar-refractivity contribution in [2.24, 2.45) is 0 Å². The molecule has 1 aromatic carbocycles. The van der Waals surface area contributed by atoms with Gasteiger partial charge in [0, 0.05) is 13.1 Å². The Labute approximate surface area is 120 Å². The molecule has 0 radical (unpaired) electrons. The molecule has 0 unspecified atom stereocenters. The third-order valence-electron chi connectivity index (χ3n) is 3.18. The number of alkyl halides is 3. The number of amides is 2. The first-order valence-corrected chi connectivity index (χ1v) is 6.65. The number of carbonyl (C=O) groups excluding carboxylic acids is 1. The summed E-state index contributed by atoms with van der Waals surface area (Å²) in [4.78, 5) is 13.6. The summed E-state index contributed by atoms with van der Waals surface area (Å²) in [6.07, 6.45) is -4.79. The average Bonchev–Trinajstić information content (AvgIpc) is 2.37. The average molecular weight is 302 g/mol. The molecule has 2 atom stereocenters. The summed E-state index contributed by atoms with van der Waals surface area (Å²) in [6.45, 7) is 4.34. The molecule has 1 heterocycles. The fourth-order valence-corrected chi connectivity index (χ4v) is 2.38. The van der Waals surface area contributed by atoms with Crippen molar-refractivity contribution in [2.75, 3.05) is 18.4 Å². The molecule has 7 heteroatoms. The first kappa shape index (κ1) is 15.6. The van der Waals surface area contributed by atoms with Gasteiger partial charge in [-0.05, 0) is 26.0 Å². The minimum Gasteiger partial charge on any atom is -0.372 e. The third-order valence-corrected chi connectivity index (χ3v) is 3.18. The lowest BCUT2D eigenvalue weighted by atomic mass is 10.1. The molecular formula is C14H17F3N2O2. The number of rotatable bonds is 1. The number of ether oxygens (including phenoxy) is 1. The molecule has 0 saturated carbocycles. The quantitative estimate of drug-likeness (QED) is 0.864. The van der Waals surface area contributed by atoms with Crippen molar-refractivity contribution in [3.05, 3.63) is 29.8 Å². The first-order chi connectivity index (χ1) is 9.77. The van der Waals surface area contributed by atoms with Gasteiger partial charge in [0.05, 0.1) is 23.5 Å². The van der Waals surface area contributed by atoms with Gasteiger partial charge in [-0.25, -0.2) is 4.79 Å². The third kappa shape index (κ3) is 3.87. The molecule has 0 spiro atoms. The molecule has 1 aromatic rings. The maximum Gasteiger partial charge on any atom is 0.418 e. The second-order valence-electron chi connectivity index (χ2n) is 5.14. The summed E-state index contributed by atoms with van der Waals surface area (Å²) < 4.78 is 44.1. The Balaban J connectivity index is 2.13. The summed E-state index contributed by atoms with van der Waals surface area (Å²) in [5.74, 6) is 0. The number of carbonyl (C=O) groups is 1. The Morgan fingerprint density at radius 3 is 2.38 bits per heavy atom. The molecule has 1 saturated heterocycles. The van der Waals surface area contributed by atoms with Crippen molar-refractivity contribution in [1.82, 2.24) is 4.90 Å². The molecule has 21 heavy (non-hydrogen) atoms. The van der Waals surface area contributed by atoms with Crippen LogP contribution in [0.4, 0.5) is 23.7 Å². The number of nitrogens with one attached hydrogen (secondary N) is 1. The van der Waals surface area contributed by atoms with E-state index in [1.165, 1.54) is 23.1 Å². The van der Waals surface area contributed by atoms with Crippen molar-refractivity contribution in [3.8, 4) is 0 Å². The largest absolute Gasteiger partial charge is 0.418 e. The summed E-state index contributed by atoms with van der Waals surface area (Å²) in [7, 11) is 0. The lowest BCUT2D eigenvalue weighted by molar-refractivity contribution is -0.136. The molecule has 4 nitrogen and oxygen atoms in total. The van der Waals surface area contributed by atoms with E-state index in [9.17, 15) is 18.0 Å². The maximum atomic E-state index is 12.9. The molecule has 2 rings (SSSR count). The van der Waals surface area contributed by atoms with E-state index in [1.807, 2.05) is 13.8 Å². The smallest absolute Gasteiger partial charge is 0.372 e. The highest BCUT2D eigenvalue weighted by Gasteiger charge is 2.34. The van der Waals surface area contributed by atoms with Gasteiger partial charge in [-0.1, -0.05) is 12.1 Å². The highest BCUT2D eigenvalue weighted by molar-refractivity contribution is 5.90. The summed E-state index contributed by atoms with van der Waals surface area (Å²) in [5.41, 5.74) is -1.09. The predicted molar refractivity (Wildman–Crippen MR) is 72.0 cm³/mol. The van der Waals surface area contributed by atoms with Gasteiger partial charge in [-0.3, -0.25) is 0 Å². The van der Waals surface area contributed by atoms with E-state index in [2.05, 4.69) is 5.32 Å². The number of nitrogens with zero attached hydrogens (tertiary/aromatic N) is 1. The Morgan fingerprint density at radius 1 is 1.24 bits per heavy atom. The van der Waals surface area contributed by atoms with Crippen LogP contribution in [0.5, 0.6) is 0 Å². The van der Waals surface area contributed by atoms with E-state index >= 15 is 0 Å². The first-order valence-electron chi connectivity index (χ1n) is 6.65. The molecule has 1 fully saturated rings. The molecule has 0 aromatic heterocycles. The van der Waals surface area contributed by atoms with Crippen LogP contribution in [0.25, 0.3) is 0 Å². The summed E-state index contributed by atoms with van der Waals surface area (Å²) in [5, 5.41) is 2.34. The Morgan fingerprint density at radius 2 is 1.81 bits per heavy atom. The van der Waals surface area contributed by atoms with Gasteiger partial charge in [-0.2, -0.15) is 13.2 Å². The van der Waals surface area contributed by atoms with E-state index in [0.717, 1.165) is 6.07 Å². The second kappa shape index (κ2) is 5.93. The predicted octanol–water partition coefficient (Wildman–Crippen LogP) is 3.35. The van der Waals surface area contributed by atoms with Gasteiger partial charge in [0.2, 0.25) is 0 Å². The second-order valence-corrected chi connectivity index (χ2v) is 5.14. The Hall–Kier alpha value is -1.76. The normalized spacial score (nSPS) is 23.0. The number of anilines is 1. The van der Waals surface area contributed by atoms with Crippen LogP contribution in [-0.4, -0.2) is 36.2 Å². The zero-order valence-corrected chi connectivity index (χ0v) is 11.8. The van der Waals surface area contributed by atoms with Crippen molar-refractivity contribution in [1.29, 1.82) is 0 Å². The SMILES string of the molecule is C[C@@H]1CN(C(=O)Nc2ccccc2C(F)(F)F)C[C@H](C)O1. The van der Waals surface area contributed by atoms with Crippen LogP contribution in [0.2, 0.25) is 0 Å². The molecular weight excluding hydrogens is 285 g/mol. The standard InChI is InChI=1S/C14H17F3N2O2/c1-9-7-19(8-10(2)21-9)13(20)18-12-6-4-3-5-11(12)14(15,16)17/h3-6,9-10H,7-8H2,1-2H3,(H,18,20)/t9-,10+. The number of benzene rings is 1. The molecule has 1 aliphatic rings. The van der Waals surface area contributed by atoms with E-state index in [4.69, 9.17) is 4.74 Å². The molecule has 2 amide bonds. The van der Waals surface area contributed by atoms with Crippen LogP contribution >= 0.6 is 0 Å². The monoisotopic (exact) mass is 302 g/mol. The van der Waals surface area contributed by atoms with Crippen molar-refractivity contribution in [2.45, 2.75) is 32.2 Å². The number of hydrogen-bond donors (Lipinski definition) is 1. The number of halogens is 3. The van der Waals surface area contributed by atoms with E-state index in [-0.39, 0.29) is 17.9 Å². The van der Waals surface area contributed by atoms with Crippen molar-refractivity contribution in [3.63, 3.8) is 0 Å². The van der Waals surface area contributed by atoms with Gasteiger partial charge in [0.15, 0.2) is 0 Å². The number of urea groups is 1. The molecule has 1 aliphatic heterocycles. The van der Waals surface area contributed by atoms with E-state index < -0.39 is 17.8 Å². The fraction of sp³-hybridized carbons (Fsp3) is 0.500. The topological polar surface area (TPSA) is 41.6 Å². The van der Waals surface area contributed by atoms with Crippen molar-refractivity contribution < 1.29 is 22.7 Å². The van der Waals surface area contributed by atoms with Crippen LogP contribution in [0.15, 0.2) is 24.3 Å². The molecule has 0 aliphatic carbocycles. The van der Waals surface area contributed by atoms with E-state index in [1.54, 1.807) is 0 Å². The van der Waals surface area contributed by atoms with Crippen molar-refractivity contribution >= 4 is 11.7 Å². The zero-order valence-electron chi connectivity index (χ0n) is 11.8. The van der Waals surface area contributed by atoms with Gasteiger partial charge in [-0.15, -0.1) is 0 Å². The lowest BCUT2D eigenvalue weighted by Crippen LogP contribution is -2.49. The lowest BCUT2D eigenvalue weighted by Gasteiger charge is -2.35. The highest BCUT2D eigenvalue weighted by atomic mass is 19.4. The molecule has 0 bridgehead atoms. The van der Waals surface area contributed by atoms with Crippen LogP contribution in [-0.2, 0) is 10.9 Å². The van der Waals surface area contributed by atoms with Gasteiger partial charge < -0.3 is 15.0 Å². The number of para-hydroxylation sites is 1. The zero-order chi connectivity index (χ0) is 15.6. The minimum atomic E-state index is -4.50. The molecule has 1 N–H and O–H groups in total. The Kier molecular flexibility index (Phi) is 4.41. The van der Waals surface area contributed by atoms with Gasteiger partial charge in [0.25, 0.3) is 0 Å². The van der Waals surface area contributed by atoms with Crippen LogP contribution in [0.1, 0.15) is 19.4 Å². The summed E-state index contributed by atoms with van der Waals surface area (Å²) in [6, 6.07) is 4.38. The minimum absolute atomic E-state index is 0.141. The molecule has 116 valence electrons. The fourth-order valence-electron chi connectivity index (χ4n) is 2.38. The number of morpholine rings is 1. The maximum absolute atomic E-state index is 12.9. The van der Waals surface area contributed by atoms with Crippen LogP contribution in [0, 0.1) is 0 Å². The van der Waals surface area contributed by atoms with Crippen LogP contribution in [0.3, 0.4) is 0 Å². The van der Waals surface area contributed by atoms with Crippen LogP contribution < -0.4 is 5.32 Å². The van der Waals surface area contributed by atoms with Gasteiger partial charge in [0.1, 0.15) is 0 Å². The highest BCUT2D eigenvalue weighted by Crippen LogP contribution is 2.34. The number of hydrogen-bond acceptors (Lipinski definition) is 2.